The maximum absolute atomic E-state index is 13.6. The Kier molecular flexibility index (Phi) is 11.3. The third-order valence-corrected chi connectivity index (χ3v) is 7.36. The first-order chi connectivity index (χ1) is 20.5. The maximum Gasteiger partial charge on any atom is 0.255 e. The Hall–Kier alpha value is -4.24. The molecule has 3 atom stereocenters. The number of epoxide rings is 1. The van der Waals surface area contributed by atoms with E-state index in [4.69, 9.17) is 10.5 Å². The van der Waals surface area contributed by atoms with Crippen LogP contribution in [0.5, 0.6) is 0 Å². The molecule has 5 rings (SSSR count). The van der Waals surface area contributed by atoms with Crippen LogP contribution in [-0.4, -0.2) is 47.4 Å². The number of unbranched alkanes of at least 4 members (excludes halogenated alkanes) is 1. The van der Waals surface area contributed by atoms with Gasteiger partial charge in [-0.15, -0.1) is 12.4 Å². The summed E-state index contributed by atoms with van der Waals surface area (Å²) in [6.07, 6.45) is -0.0422. The van der Waals surface area contributed by atoms with Crippen LogP contribution < -0.4 is 16.4 Å². The van der Waals surface area contributed by atoms with Gasteiger partial charge in [0.1, 0.15) is 6.04 Å². The van der Waals surface area contributed by atoms with Crippen LogP contribution in [0.2, 0.25) is 0 Å². The minimum absolute atomic E-state index is 0. The molecule has 224 valence electrons. The van der Waals surface area contributed by atoms with Gasteiger partial charge in [0.05, 0.1) is 0 Å². The van der Waals surface area contributed by atoms with Crippen molar-refractivity contribution in [3.63, 3.8) is 0 Å². The molecule has 8 nitrogen and oxygen atoms in total. The second-order valence-electron chi connectivity index (χ2n) is 10.5. The zero-order valence-corrected chi connectivity index (χ0v) is 24.7. The highest BCUT2D eigenvalue weighted by Crippen LogP contribution is 2.27. The number of hydrogen-bond donors (Lipinski definition) is 3. The lowest BCUT2D eigenvalue weighted by Gasteiger charge is -2.22. The highest BCUT2D eigenvalue weighted by molar-refractivity contribution is 6.05. The van der Waals surface area contributed by atoms with Crippen molar-refractivity contribution in [3.8, 4) is 0 Å². The van der Waals surface area contributed by atoms with E-state index in [1.807, 2.05) is 103 Å². The van der Waals surface area contributed by atoms with Gasteiger partial charge in [-0.3, -0.25) is 14.4 Å². The lowest BCUT2D eigenvalue weighted by molar-refractivity contribution is -0.134. The van der Waals surface area contributed by atoms with Crippen LogP contribution in [0.3, 0.4) is 0 Å². The van der Waals surface area contributed by atoms with Crippen LogP contribution in [0.15, 0.2) is 103 Å². The van der Waals surface area contributed by atoms with Gasteiger partial charge in [0, 0.05) is 24.2 Å². The average Bonchev–Trinajstić information content (AvgIpc) is 3.82. The van der Waals surface area contributed by atoms with Crippen molar-refractivity contribution < 1.29 is 19.1 Å². The topological polar surface area (TPSA) is 117 Å². The van der Waals surface area contributed by atoms with Gasteiger partial charge in [0.15, 0.2) is 12.2 Å². The van der Waals surface area contributed by atoms with Crippen molar-refractivity contribution in [2.24, 2.45) is 5.73 Å². The number of fused-ring (bicyclic) bond motifs is 1. The molecular formula is C34H37ClN4O4. The predicted molar refractivity (Wildman–Crippen MR) is 170 cm³/mol. The highest BCUT2D eigenvalue weighted by Gasteiger charge is 2.52. The molecule has 1 saturated heterocycles. The molecule has 0 aliphatic carbocycles. The Balaban J connectivity index is 0.00000423. The van der Waals surface area contributed by atoms with E-state index in [0.717, 1.165) is 28.3 Å². The maximum atomic E-state index is 13.6. The predicted octanol–water partition coefficient (Wildman–Crippen LogP) is 4.81. The molecule has 1 aliphatic heterocycles. The second-order valence-corrected chi connectivity index (χ2v) is 10.5. The van der Waals surface area contributed by atoms with E-state index in [0.29, 0.717) is 38.2 Å². The first kappa shape index (κ1) is 31.7. The Labute approximate surface area is 258 Å². The van der Waals surface area contributed by atoms with E-state index in [-0.39, 0.29) is 24.2 Å². The highest BCUT2D eigenvalue weighted by atomic mass is 35.5. The minimum atomic E-state index is -0.950. The van der Waals surface area contributed by atoms with Gasteiger partial charge in [0.25, 0.3) is 11.8 Å². The number of halogens is 1. The summed E-state index contributed by atoms with van der Waals surface area (Å²) in [5.74, 6) is -1.06. The molecule has 4 aromatic carbocycles. The van der Waals surface area contributed by atoms with Crippen LogP contribution >= 0.6 is 12.4 Å². The fourth-order valence-electron chi connectivity index (χ4n) is 5.07. The molecule has 0 bridgehead atoms. The summed E-state index contributed by atoms with van der Waals surface area (Å²) in [7, 11) is 0. The van der Waals surface area contributed by atoms with Crippen LogP contribution in [-0.2, 0) is 32.2 Å². The summed E-state index contributed by atoms with van der Waals surface area (Å²) in [5, 5.41) is 7.74. The van der Waals surface area contributed by atoms with Crippen molar-refractivity contribution in [3.05, 3.63) is 114 Å². The fourth-order valence-corrected chi connectivity index (χ4v) is 5.07. The van der Waals surface area contributed by atoms with Gasteiger partial charge >= 0.3 is 0 Å². The minimum Gasteiger partial charge on any atom is -0.349 e. The monoisotopic (exact) mass is 600 g/mol. The molecule has 0 saturated carbocycles. The van der Waals surface area contributed by atoms with Crippen LogP contribution in [0.4, 0.5) is 5.69 Å². The lowest BCUT2D eigenvalue weighted by Crippen LogP contribution is -2.46. The normalized spacial score (nSPS) is 16.0. The largest absolute Gasteiger partial charge is 0.349 e. The van der Waals surface area contributed by atoms with E-state index in [1.165, 1.54) is 0 Å². The van der Waals surface area contributed by atoms with Gasteiger partial charge in [0.2, 0.25) is 5.91 Å². The molecule has 1 heterocycles. The van der Waals surface area contributed by atoms with Gasteiger partial charge in [-0.1, -0.05) is 97.1 Å². The first-order valence-corrected chi connectivity index (χ1v) is 14.3. The average molecular weight is 601 g/mol. The van der Waals surface area contributed by atoms with Crippen LogP contribution in [0.25, 0.3) is 10.8 Å². The van der Waals surface area contributed by atoms with E-state index < -0.39 is 24.2 Å². The molecule has 43 heavy (non-hydrogen) atoms. The quantitative estimate of drug-likeness (QED) is 0.150. The summed E-state index contributed by atoms with van der Waals surface area (Å²) in [6.45, 7) is 1.27. The zero-order chi connectivity index (χ0) is 29.3. The van der Waals surface area contributed by atoms with Gasteiger partial charge in [-0.2, -0.15) is 0 Å². The number of benzene rings is 4. The summed E-state index contributed by atoms with van der Waals surface area (Å²) < 4.78 is 5.62. The number of rotatable bonds is 13. The molecule has 0 radical (unpaired) electrons. The smallest absolute Gasteiger partial charge is 0.255 e. The van der Waals surface area contributed by atoms with Crippen molar-refractivity contribution in [1.82, 2.24) is 10.2 Å². The van der Waals surface area contributed by atoms with E-state index >= 15 is 0 Å². The number of nitrogens with two attached hydrogens (primary N) is 1. The molecule has 0 unspecified atom stereocenters. The molecule has 1 aliphatic rings. The van der Waals surface area contributed by atoms with Gasteiger partial charge < -0.3 is 26.0 Å². The second kappa shape index (κ2) is 15.3. The number of anilines is 1. The Morgan fingerprint density at radius 3 is 2.02 bits per heavy atom. The third-order valence-electron chi connectivity index (χ3n) is 7.36. The number of nitrogens with zero attached hydrogens (tertiary/aromatic N) is 1. The molecule has 9 heteroatoms. The number of amides is 3. The Morgan fingerprint density at radius 1 is 0.767 bits per heavy atom. The molecule has 0 aromatic heterocycles. The summed E-state index contributed by atoms with van der Waals surface area (Å²) in [4.78, 5) is 41.9. The van der Waals surface area contributed by atoms with Gasteiger partial charge in [-0.05, 0) is 48.4 Å². The number of ether oxygens (including phenoxy) is 1. The molecule has 3 amide bonds. The zero-order valence-electron chi connectivity index (χ0n) is 23.9. The number of carbonyl (C=O) groups excluding carboxylic acids is 3. The standard InChI is InChI=1S/C34H36N4O4.ClH/c35-21-10-9-19-29(32(39)36-28-20-11-17-26-16-7-8-18-27(26)28)37-33(40)30-31(42-30)34(41)38(22-24-12-3-1-4-13-24)23-25-14-5-2-6-15-25;/h1-8,11-18,20,29-31H,9-10,19,21-23,35H2,(H,36,39)(H,37,40);1H/t29-,30-,31-;/m0./s1. The first-order valence-electron chi connectivity index (χ1n) is 14.3. The van der Waals surface area contributed by atoms with Crippen molar-refractivity contribution in [1.29, 1.82) is 0 Å². The SMILES string of the molecule is Cl.NCCCC[C@H](NC(=O)[C@H]1O[C@@H]1C(=O)N(Cc1ccccc1)Cc1ccccc1)C(=O)Nc1cccc2ccccc12. The number of hydrogen-bond acceptors (Lipinski definition) is 5. The van der Waals surface area contributed by atoms with Crippen LogP contribution in [0, 0.1) is 0 Å². The molecule has 4 N–H and O–H groups in total. The summed E-state index contributed by atoms with van der Waals surface area (Å²) in [6, 6.07) is 32.1. The molecule has 0 spiro atoms. The number of nitrogens with one attached hydrogen (secondary N) is 2. The van der Waals surface area contributed by atoms with E-state index in [1.54, 1.807) is 4.90 Å². The van der Waals surface area contributed by atoms with Crippen molar-refractivity contribution in [2.45, 2.75) is 50.6 Å². The van der Waals surface area contributed by atoms with E-state index in [2.05, 4.69) is 10.6 Å². The van der Waals surface area contributed by atoms with Crippen molar-refractivity contribution >= 4 is 46.6 Å². The third kappa shape index (κ3) is 8.41. The lowest BCUT2D eigenvalue weighted by atomic mass is 10.1. The summed E-state index contributed by atoms with van der Waals surface area (Å²) >= 11 is 0. The molecular weight excluding hydrogens is 564 g/mol. The Morgan fingerprint density at radius 2 is 1.37 bits per heavy atom. The van der Waals surface area contributed by atoms with Crippen LogP contribution in [0.1, 0.15) is 30.4 Å². The summed E-state index contributed by atoms with van der Waals surface area (Å²) in [5.41, 5.74) is 8.31. The fraction of sp³-hybridized carbons (Fsp3) is 0.265. The van der Waals surface area contributed by atoms with E-state index in [9.17, 15) is 14.4 Å². The van der Waals surface area contributed by atoms with Gasteiger partial charge in [-0.25, -0.2) is 0 Å². The molecule has 1 fully saturated rings. The number of carbonyl (C=O) groups is 3. The van der Waals surface area contributed by atoms with Crippen molar-refractivity contribution in [2.75, 3.05) is 11.9 Å². The molecule has 4 aromatic rings. The Bertz CT molecular complexity index is 1470.